The van der Waals surface area contributed by atoms with Crippen LogP contribution in [0, 0.1) is 5.82 Å². The molecule has 10 heteroatoms. The first-order valence-electron chi connectivity index (χ1n) is 8.90. The van der Waals surface area contributed by atoms with Crippen molar-refractivity contribution in [3.8, 4) is 0 Å². The molecule has 2 aromatic heterocycles. The number of halogens is 3. The number of carboxylic acids is 1. The molecule has 0 aliphatic carbocycles. The summed E-state index contributed by atoms with van der Waals surface area (Å²) in [4.78, 5) is 30.0. The minimum Gasteiger partial charge on any atom is -0.477 e. The zero-order valence-corrected chi connectivity index (χ0v) is 15.1. The van der Waals surface area contributed by atoms with Gasteiger partial charge in [0.25, 0.3) is 0 Å². The number of aromatic nitrogens is 2. The lowest BCUT2D eigenvalue weighted by Crippen LogP contribution is -2.44. The van der Waals surface area contributed by atoms with Crippen LogP contribution in [0.15, 0.2) is 17.1 Å². The number of hydrogen-bond donors (Lipinski definition) is 2. The van der Waals surface area contributed by atoms with Gasteiger partial charge in [0.1, 0.15) is 24.6 Å². The van der Waals surface area contributed by atoms with Crippen molar-refractivity contribution in [3.63, 3.8) is 0 Å². The summed E-state index contributed by atoms with van der Waals surface area (Å²) in [5, 5.41) is 12.3. The Labute approximate surface area is 157 Å². The molecule has 150 valence electrons. The molecule has 0 radical (unpaired) electrons. The van der Waals surface area contributed by atoms with Crippen LogP contribution in [0.4, 0.5) is 19.0 Å². The Balaban J connectivity index is 2.00. The number of anilines is 1. The fraction of sp³-hybridized carbons (Fsp3) is 0.500. The van der Waals surface area contributed by atoms with Gasteiger partial charge in [-0.2, -0.15) is 0 Å². The van der Waals surface area contributed by atoms with E-state index in [2.05, 4.69) is 10.3 Å². The normalized spacial score (nSPS) is 21.6. The number of carboxylic acid groups (broad SMARTS) is 1. The summed E-state index contributed by atoms with van der Waals surface area (Å²) in [5.74, 6) is -2.33. The van der Waals surface area contributed by atoms with Crippen LogP contribution >= 0.6 is 0 Å². The maximum Gasteiger partial charge on any atom is 0.341 e. The average Bonchev–Trinajstić information content (AvgIpc) is 3.31. The first-order chi connectivity index (χ1) is 13.3. The molecule has 1 unspecified atom stereocenters. The van der Waals surface area contributed by atoms with Crippen molar-refractivity contribution in [2.45, 2.75) is 31.0 Å². The zero-order valence-electron chi connectivity index (χ0n) is 15.1. The van der Waals surface area contributed by atoms with Crippen LogP contribution in [0.25, 0.3) is 11.0 Å². The van der Waals surface area contributed by atoms with Gasteiger partial charge in [-0.05, 0) is 19.4 Å². The van der Waals surface area contributed by atoms with Gasteiger partial charge >= 0.3 is 5.97 Å². The largest absolute Gasteiger partial charge is 0.477 e. The second kappa shape index (κ2) is 6.47. The summed E-state index contributed by atoms with van der Waals surface area (Å²) < 4.78 is 43.2. The molecule has 2 saturated heterocycles. The lowest BCUT2D eigenvalue weighted by molar-refractivity contribution is 0.0693. The van der Waals surface area contributed by atoms with Gasteiger partial charge in [-0.25, -0.2) is 22.9 Å². The first-order valence-corrected chi connectivity index (χ1v) is 8.90. The predicted octanol–water partition coefficient (Wildman–Crippen LogP) is 1.44. The highest BCUT2D eigenvalue weighted by Crippen LogP contribution is 2.32. The molecule has 2 aliphatic heterocycles. The molecule has 0 amide bonds. The van der Waals surface area contributed by atoms with E-state index < -0.39 is 41.7 Å². The molecule has 4 heterocycles. The van der Waals surface area contributed by atoms with Gasteiger partial charge in [0, 0.05) is 31.4 Å². The van der Waals surface area contributed by atoms with Crippen molar-refractivity contribution in [1.82, 2.24) is 14.9 Å². The molecular formula is C18H19F3N4O3. The summed E-state index contributed by atoms with van der Waals surface area (Å²) in [5.41, 5.74) is -3.55. The van der Waals surface area contributed by atoms with E-state index in [9.17, 15) is 27.9 Å². The van der Waals surface area contributed by atoms with Crippen LogP contribution in [0.1, 0.15) is 23.7 Å². The predicted molar refractivity (Wildman–Crippen MR) is 96.1 cm³/mol. The van der Waals surface area contributed by atoms with Crippen LogP contribution in [-0.4, -0.2) is 59.1 Å². The molecule has 2 bridgehead atoms. The maximum atomic E-state index is 14.8. The summed E-state index contributed by atoms with van der Waals surface area (Å²) in [6.07, 6.45) is 1.72. The van der Waals surface area contributed by atoms with E-state index in [1.807, 2.05) is 0 Å². The van der Waals surface area contributed by atoms with E-state index in [4.69, 9.17) is 0 Å². The molecule has 0 saturated carbocycles. The number of fused-ring (bicyclic) bond motifs is 3. The zero-order chi connectivity index (χ0) is 20.2. The quantitative estimate of drug-likeness (QED) is 0.795. The Morgan fingerprint density at radius 3 is 2.68 bits per heavy atom. The minimum absolute atomic E-state index is 0.00205. The summed E-state index contributed by atoms with van der Waals surface area (Å²) in [6, 6.07) is 1.16. The molecule has 28 heavy (non-hydrogen) atoms. The minimum atomic E-state index is -1.77. The highest BCUT2D eigenvalue weighted by atomic mass is 19.1. The van der Waals surface area contributed by atoms with Crippen molar-refractivity contribution >= 4 is 22.8 Å². The number of nitrogens with one attached hydrogen (secondary N) is 1. The van der Waals surface area contributed by atoms with Gasteiger partial charge in [-0.15, -0.1) is 0 Å². The number of alkyl halides is 2. The van der Waals surface area contributed by atoms with Crippen LogP contribution in [0.5, 0.6) is 0 Å². The summed E-state index contributed by atoms with van der Waals surface area (Å²) >= 11 is 0. The third-order valence-electron chi connectivity index (χ3n) is 5.63. The highest BCUT2D eigenvalue weighted by Gasteiger charge is 2.40. The molecule has 7 nitrogen and oxygen atoms in total. The standard InChI is InChI=1S/C18H19F3N4O3/c1-18(7-19,8-20)25-6-12(17(27)28)14(26)11-3-13(21)16(23-15(11)25)24-5-9-2-10(24)4-22-9/h3,6,9-10,22H,2,4-5,7-8H2,1H3,(H,27,28)/t9?,10-/m1/s1. The summed E-state index contributed by atoms with van der Waals surface area (Å²) in [7, 11) is 0. The van der Waals surface area contributed by atoms with Gasteiger partial charge in [-0.1, -0.05) is 0 Å². The monoisotopic (exact) mass is 396 g/mol. The number of hydrogen-bond acceptors (Lipinski definition) is 5. The molecule has 0 spiro atoms. The Bertz CT molecular complexity index is 1020. The van der Waals surface area contributed by atoms with Crippen molar-refractivity contribution in [1.29, 1.82) is 0 Å². The number of nitrogens with zero attached hydrogens (tertiary/aromatic N) is 3. The Hall–Kier alpha value is -2.62. The maximum absolute atomic E-state index is 14.8. The molecule has 2 fully saturated rings. The van der Waals surface area contributed by atoms with Crippen molar-refractivity contribution in [2.75, 3.05) is 31.3 Å². The Morgan fingerprint density at radius 2 is 2.14 bits per heavy atom. The third-order valence-corrected chi connectivity index (χ3v) is 5.63. The van der Waals surface area contributed by atoms with Gasteiger partial charge in [-0.3, -0.25) is 4.79 Å². The van der Waals surface area contributed by atoms with E-state index >= 15 is 0 Å². The number of rotatable bonds is 5. The molecule has 2 aliphatic rings. The number of piperazine rings is 1. The molecule has 0 aromatic carbocycles. The lowest BCUT2D eigenvalue weighted by atomic mass is 10.0. The van der Waals surface area contributed by atoms with Crippen molar-refractivity contribution < 1.29 is 23.1 Å². The van der Waals surface area contributed by atoms with Crippen LogP contribution < -0.4 is 15.6 Å². The summed E-state index contributed by atoms with van der Waals surface area (Å²) in [6.45, 7) is 0.123. The van der Waals surface area contributed by atoms with Gasteiger partial charge in [0.15, 0.2) is 11.6 Å². The van der Waals surface area contributed by atoms with E-state index in [0.717, 1.165) is 23.3 Å². The van der Waals surface area contributed by atoms with Gasteiger partial charge in [0.2, 0.25) is 5.43 Å². The van der Waals surface area contributed by atoms with E-state index in [-0.39, 0.29) is 28.9 Å². The number of carbonyl (C=O) groups is 1. The number of pyridine rings is 2. The Kier molecular flexibility index (Phi) is 4.33. The van der Waals surface area contributed by atoms with E-state index in [1.165, 1.54) is 6.92 Å². The molecule has 2 aromatic rings. The lowest BCUT2D eigenvalue weighted by Gasteiger charge is -2.31. The third kappa shape index (κ3) is 2.66. The highest BCUT2D eigenvalue weighted by molar-refractivity contribution is 5.92. The SMILES string of the molecule is CC(CF)(CF)n1cc(C(=O)O)c(=O)c2cc(F)c(N3CC4C[C@@H]3CN4)nc21. The van der Waals surface area contributed by atoms with Crippen molar-refractivity contribution in [3.05, 3.63) is 33.9 Å². The molecule has 2 N–H and O–H groups in total. The second-order valence-electron chi connectivity index (χ2n) is 7.62. The van der Waals surface area contributed by atoms with Gasteiger partial charge < -0.3 is 19.9 Å². The van der Waals surface area contributed by atoms with Crippen LogP contribution in [0.2, 0.25) is 0 Å². The smallest absolute Gasteiger partial charge is 0.341 e. The Morgan fingerprint density at radius 1 is 1.43 bits per heavy atom. The van der Waals surface area contributed by atoms with Crippen LogP contribution in [-0.2, 0) is 5.54 Å². The fourth-order valence-electron chi connectivity index (χ4n) is 3.96. The topological polar surface area (TPSA) is 87.5 Å². The number of aromatic carboxylic acids is 1. The average molecular weight is 396 g/mol. The van der Waals surface area contributed by atoms with Gasteiger partial charge in [0.05, 0.1) is 10.9 Å². The molecule has 4 rings (SSSR count). The molecular weight excluding hydrogens is 377 g/mol. The van der Waals surface area contributed by atoms with E-state index in [1.54, 1.807) is 4.90 Å². The molecule has 2 atom stereocenters. The fourth-order valence-corrected chi connectivity index (χ4v) is 3.96. The van der Waals surface area contributed by atoms with E-state index in [0.29, 0.717) is 13.1 Å². The first kappa shape index (κ1) is 18.7. The second-order valence-corrected chi connectivity index (χ2v) is 7.62. The van der Waals surface area contributed by atoms with Crippen molar-refractivity contribution in [2.24, 2.45) is 0 Å². The van der Waals surface area contributed by atoms with Crippen LogP contribution in [0.3, 0.4) is 0 Å².